The van der Waals surface area contributed by atoms with E-state index in [9.17, 15) is 18.0 Å². The molecule has 2 aromatic rings. The lowest BCUT2D eigenvalue weighted by Gasteiger charge is -2.11. The second-order valence-corrected chi connectivity index (χ2v) is 4.48. The molecule has 0 bridgehead atoms. The van der Waals surface area contributed by atoms with Gasteiger partial charge in [-0.15, -0.1) is 9.90 Å². The Morgan fingerprint density at radius 2 is 1.80 bits per heavy atom. The van der Waals surface area contributed by atoms with Crippen molar-refractivity contribution >= 4 is 29.1 Å². The zero-order valence-electron chi connectivity index (χ0n) is 9.45. The van der Waals surface area contributed by atoms with Crippen LogP contribution < -0.4 is 5.73 Å². The number of aromatic nitrogens is 3. The summed E-state index contributed by atoms with van der Waals surface area (Å²) in [6, 6.07) is 1.38. The minimum Gasteiger partial charge on any atom is -0.364 e. The number of carbonyl (C=O) groups excluding carboxylic acids is 1. The molecule has 106 valence electrons. The van der Waals surface area contributed by atoms with Crippen molar-refractivity contribution in [3.05, 3.63) is 39.6 Å². The number of nitrogens with two attached hydrogens (primary N) is 1. The number of alkyl halides is 3. The summed E-state index contributed by atoms with van der Waals surface area (Å²) in [7, 11) is 0. The van der Waals surface area contributed by atoms with Crippen LogP contribution in [0.5, 0.6) is 0 Å². The first-order valence-electron chi connectivity index (χ1n) is 4.99. The number of halogens is 5. The monoisotopic (exact) mass is 324 g/mol. The quantitative estimate of drug-likeness (QED) is 0.922. The smallest absolute Gasteiger partial charge is 0.364 e. The molecule has 0 fully saturated rings. The van der Waals surface area contributed by atoms with Crippen molar-refractivity contribution in [1.82, 2.24) is 15.0 Å². The predicted molar refractivity (Wildman–Crippen MR) is 64.9 cm³/mol. The van der Waals surface area contributed by atoms with Crippen LogP contribution in [0.15, 0.2) is 18.3 Å². The van der Waals surface area contributed by atoms with Crippen LogP contribution in [0, 0.1) is 0 Å². The Morgan fingerprint density at radius 3 is 2.20 bits per heavy atom. The zero-order valence-corrected chi connectivity index (χ0v) is 11.0. The van der Waals surface area contributed by atoms with Gasteiger partial charge in [0.05, 0.1) is 21.8 Å². The largest absolute Gasteiger partial charge is 0.416 e. The first-order valence-corrected chi connectivity index (χ1v) is 5.74. The molecular formula is C10H5Cl2F3N4O. The Kier molecular flexibility index (Phi) is 3.61. The zero-order chi connectivity index (χ0) is 15.1. The topological polar surface area (TPSA) is 73.8 Å². The van der Waals surface area contributed by atoms with Crippen LogP contribution in [0.4, 0.5) is 13.2 Å². The molecule has 0 saturated carbocycles. The number of nitrogens with zero attached hydrogens (tertiary/aromatic N) is 3. The molecule has 2 N–H and O–H groups in total. The van der Waals surface area contributed by atoms with Crippen molar-refractivity contribution in [1.29, 1.82) is 0 Å². The van der Waals surface area contributed by atoms with E-state index >= 15 is 0 Å². The molecule has 0 spiro atoms. The maximum Gasteiger partial charge on any atom is 0.416 e. The first kappa shape index (κ1) is 14.6. The Bertz CT molecular complexity index is 660. The number of rotatable bonds is 2. The summed E-state index contributed by atoms with van der Waals surface area (Å²) in [5.74, 6) is -0.838. The van der Waals surface area contributed by atoms with Crippen molar-refractivity contribution in [3.8, 4) is 5.69 Å². The van der Waals surface area contributed by atoms with E-state index in [2.05, 4.69) is 10.2 Å². The number of benzene rings is 1. The molecule has 0 saturated heterocycles. The van der Waals surface area contributed by atoms with Gasteiger partial charge in [0.25, 0.3) is 5.91 Å². The molecule has 0 radical (unpaired) electrons. The molecule has 1 aromatic carbocycles. The highest BCUT2D eigenvalue weighted by molar-refractivity contribution is 6.37. The van der Waals surface area contributed by atoms with Gasteiger partial charge < -0.3 is 5.73 Å². The lowest BCUT2D eigenvalue weighted by molar-refractivity contribution is -0.137. The molecule has 2 rings (SSSR count). The second kappa shape index (κ2) is 4.95. The minimum atomic E-state index is -4.58. The van der Waals surface area contributed by atoms with E-state index in [0.717, 1.165) is 11.0 Å². The highest BCUT2D eigenvalue weighted by atomic mass is 35.5. The van der Waals surface area contributed by atoms with Crippen molar-refractivity contribution in [2.24, 2.45) is 5.73 Å². The second-order valence-electron chi connectivity index (χ2n) is 3.67. The summed E-state index contributed by atoms with van der Waals surface area (Å²) in [4.78, 5) is 11.7. The standard InChI is InChI=1S/C10H5Cl2F3N4O/c11-5-1-4(10(13,14)15)2-6(12)8(5)19-17-3-7(18-19)9(16)20/h1-3H,(H2,16,20). The fraction of sp³-hybridized carbons (Fsp3) is 0.100. The van der Waals surface area contributed by atoms with Crippen LogP contribution >= 0.6 is 23.2 Å². The van der Waals surface area contributed by atoms with E-state index in [-0.39, 0.29) is 21.4 Å². The van der Waals surface area contributed by atoms with Crippen molar-refractivity contribution < 1.29 is 18.0 Å². The third-order valence-electron chi connectivity index (χ3n) is 2.29. The third-order valence-corrected chi connectivity index (χ3v) is 2.86. The molecule has 1 heterocycles. The fourth-order valence-corrected chi connectivity index (χ4v) is 2.04. The number of amides is 1. The van der Waals surface area contributed by atoms with E-state index in [1.165, 1.54) is 0 Å². The average Bonchev–Trinajstić information content (AvgIpc) is 2.76. The molecule has 0 aliphatic rings. The Labute approximate surface area is 120 Å². The van der Waals surface area contributed by atoms with Gasteiger partial charge in [0.15, 0.2) is 5.69 Å². The fourth-order valence-electron chi connectivity index (χ4n) is 1.40. The maximum absolute atomic E-state index is 12.6. The summed E-state index contributed by atoms with van der Waals surface area (Å²) in [5.41, 5.74) is 3.75. The SMILES string of the molecule is NC(=O)c1cnn(-c2c(Cl)cc(C(F)(F)F)cc2Cl)n1. The van der Waals surface area contributed by atoms with Crippen molar-refractivity contribution in [2.75, 3.05) is 0 Å². The van der Waals surface area contributed by atoms with Gasteiger partial charge in [0, 0.05) is 0 Å². The van der Waals surface area contributed by atoms with Gasteiger partial charge in [0.2, 0.25) is 0 Å². The molecule has 10 heteroatoms. The molecule has 0 aliphatic heterocycles. The van der Waals surface area contributed by atoms with Crippen LogP contribution in [-0.2, 0) is 6.18 Å². The van der Waals surface area contributed by atoms with E-state index in [0.29, 0.717) is 12.1 Å². The van der Waals surface area contributed by atoms with Crippen LogP contribution in [0.25, 0.3) is 5.69 Å². The van der Waals surface area contributed by atoms with Crippen LogP contribution in [0.2, 0.25) is 10.0 Å². The van der Waals surface area contributed by atoms with Crippen LogP contribution in [0.1, 0.15) is 16.1 Å². The van der Waals surface area contributed by atoms with Gasteiger partial charge >= 0.3 is 6.18 Å². The van der Waals surface area contributed by atoms with E-state index in [1.807, 2.05) is 0 Å². The summed E-state index contributed by atoms with van der Waals surface area (Å²) in [6.45, 7) is 0. The molecule has 1 aromatic heterocycles. The van der Waals surface area contributed by atoms with Gasteiger partial charge in [-0.3, -0.25) is 4.79 Å². The molecule has 20 heavy (non-hydrogen) atoms. The lowest BCUT2D eigenvalue weighted by Crippen LogP contribution is -2.12. The summed E-state index contributed by atoms with van der Waals surface area (Å²) < 4.78 is 37.7. The molecule has 0 aliphatic carbocycles. The lowest BCUT2D eigenvalue weighted by atomic mass is 10.2. The van der Waals surface area contributed by atoms with Crippen molar-refractivity contribution in [2.45, 2.75) is 6.18 Å². The molecule has 1 amide bonds. The van der Waals surface area contributed by atoms with Gasteiger partial charge in [0.1, 0.15) is 5.69 Å². The van der Waals surface area contributed by atoms with E-state index in [1.54, 1.807) is 0 Å². The Hall–Kier alpha value is -1.80. The summed E-state index contributed by atoms with van der Waals surface area (Å²) >= 11 is 11.5. The molecule has 0 atom stereocenters. The van der Waals surface area contributed by atoms with Gasteiger partial charge in [-0.25, -0.2) is 0 Å². The number of primary amides is 1. The third kappa shape index (κ3) is 2.70. The van der Waals surface area contributed by atoms with Gasteiger partial charge in [-0.1, -0.05) is 23.2 Å². The molecular weight excluding hydrogens is 320 g/mol. The van der Waals surface area contributed by atoms with E-state index in [4.69, 9.17) is 28.9 Å². The Morgan fingerprint density at radius 1 is 1.25 bits per heavy atom. The predicted octanol–water partition coefficient (Wildman–Crippen LogP) is 2.69. The van der Waals surface area contributed by atoms with Gasteiger partial charge in [-0.2, -0.15) is 18.3 Å². The normalized spacial score (nSPS) is 11.7. The number of hydrogen-bond donors (Lipinski definition) is 1. The minimum absolute atomic E-state index is 0.0752. The summed E-state index contributed by atoms with van der Waals surface area (Å²) in [5, 5.41) is 6.73. The highest BCUT2D eigenvalue weighted by Crippen LogP contribution is 2.36. The van der Waals surface area contributed by atoms with Crippen LogP contribution in [0.3, 0.4) is 0 Å². The number of carbonyl (C=O) groups is 1. The Balaban J connectivity index is 2.55. The maximum atomic E-state index is 12.6. The van der Waals surface area contributed by atoms with E-state index < -0.39 is 17.6 Å². The first-order chi connectivity index (χ1) is 9.20. The summed E-state index contributed by atoms with van der Waals surface area (Å²) in [6.07, 6.45) is -3.53. The molecule has 0 unspecified atom stereocenters. The highest BCUT2D eigenvalue weighted by Gasteiger charge is 2.32. The average molecular weight is 325 g/mol. The molecule has 5 nitrogen and oxygen atoms in total. The van der Waals surface area contributed by atoms with Crippen LogP contribution in [-0.4, -0.2) is 20.9 Å². The van der Waals surface area contributed by atoms with Crippen molar-refractivity contribution in [3.63, 3.8) is 0 Å². The number of hydrogen-bond acceptors (Lipinski definition) is 3. The van der Waals surface area contributed by atoms with Gasteiger partial charge in [-0.05, 0) is 12.1 Å².